The Kier molecular flexibility index (Phi) is 4.04. The van der Waals surface area contributed by atoms with E-state index in [2.05, 4.69) is 4.98 Å². The summed E-state index contributed by atoms with van der Waals surface area (Å²) >= 11 is 0. The Hall–Kier alpha value is -1.62. The van der Waals surface area contributed by atoms with Gasteiger partial charge in [0.1, 0.15) is 0 Å². The van der Waals surface area contributed by atoms with Crippen molar-refractivity contribution in [3.05, 3.63) is 29.1 Å². The highest BCUT2D eigenvalue weighted by Gasteiger charge is 2.15. The van der Waals surface area contributed by atoms with Crippen LogP contribution < -0.4 is 0 Å². The minimum atomic E-state index is -1.22. The Morgan fingerprint density at radius 2 is 1.86 bits per heavy atom. The monoisotopic (exact) mass is 217 g/mol. The van der Waals surface area contributed by atoms with Crippen molar-refractivity contribution in [1.29, 1.82) is 0 Å². The molecule has 0 bridgehead atoms. The number of hydrogen-bond donors (Lipinski definition) is 2. The second-order valence-corrected chi connectivity index (χ2v) is 2.44. The van der Waals surface area contributed by atoms with Crippen molar-refractivity contribution >= 4 is 24.3 Å². The van der Waals surface area contributed by atoms with E-state index in [9.17, 15) is 9.59 Å². The van der Waals surface area contributed by atoms with Gasteiger partial charge in [0.15, 0.2) is 5.69 Å². The molecule has 0 amide bonds. The molecule has 76 valence electrons. The van der Waals surface area contributed by atoms with Crippen molar-refractivity contribution in [2.75, 3.05) is 0 Å². The maximum Gasteiger partial charge on any atom is 0.354 e. The van der Waals surface area contributed by atoms with Crippen molar-refractivity contribution in [2.45, 2.75) is 6.92 Å². The van der Waals surface area contributed by atoms with Gasteiger partial charge in [-0.2, -0.15) is 0 Å². The van der Waals surface area contributed by atoms with Crippen LogP contribution in [0.4, 0.5) is 0 Å². The zero-order valence-corrected chi connectivity index (χ0v) is 8.04. The summed E-state index contributed by atoms with van der Waals surface area (Å²) in [6, 6.07) is 1.27. The summed E-state index contributed by atoms with van der Waals surface area (Å²) in [5.41, 5.74) is -0.0881. The van der Waals surface area contributed by atoms with Crippen LogP contribution in [0.2, 0.25) is 0 Å². The molecular formula is C8H8ClNO4. The molecule has 5 nitrogen and oxygen atoms in total. The average Bonchev–Trinajstić information content (AvgIpc) is 2.03. The SMILES string of the molecule is Cc1c(C(=O)O)ccnc1C(=O)O.Cl. The maximum atomic E-state index is 10.6. The number of rotatable bonds is 2. The molecule has 2 N–H and O–H groups in total. The van der Waals surface area contributed by atoms with E-state index in [0.717, 1.165) is 0 Å². The molecule has 0 saturated heterocycles. The quantitative estimate of drug-likeness (QED) is 0.778. The summed E-state index contributed by atoms with van der Waals surface area (Å²) in [6.07, 6.45) is 1.17. The number of hydrogen-bond acceptors (Lipinski definition) is 3. The smallest absolute Gasteiger partial charge is 0.354 e. The van der Waals surface area contributed by atoms with Gasteiger partial charge in [-0.15, -0.1) is 12.4 Å². The van der Waals surface area contributed by atoms with Gasteiger partial charge in [-0.25, -0.2) is 14.6 Å². The molecule has 6 heteroatoms. The molecule has 1 aromatic heterocycles. The number of aromatic carboxylic acids is 2. The second kappa shape index (κ2) is 4.57. The summed E-state index contributed by atoms with van der Waals surface area (Å²) in [6.45, 7) is 1.42. The largest absolute Gasteiger partial charge is 0.478 e. The number of pyridine rings is 1. The lowest BCUT2D eigenvalue weighted by Crippen LogP contribution is -2.08. The van der Waals surface area contributed by atoms with E-state index in [1.54, 1.807) is 0 Å². The van der Waals surface area contributed by atoms with Gasteiger partial charge in [0, 0.05) is 6.20 Å². The van der Waals surface area contributed by atoms with Crippen molar-refractivity contribution in [1.82, 2.24) is 4.98 Å². The van der Waals surface area contributed by atoms with Crippen LogP contribution in [-0.4, -0.2) is 27.1 Å². The summed E-state index contributed by atoms with van der Waals surface area (Å²) in [7, 11) is 0. The fraction of sp³-hybridized carbons (Fsp3) is 0.125. The van der Waals surface area contributed by atoms with Crippen LogP contribution in [-0.2, 0) is 0 Å². The van der Waals surface area contributed by atoms with E-state index in [1.807, 2.05) is 0 Å². The number of halogens is 1. The Bertz CT molecular complexity index is 345. The van der Waals surface area contributed by atoms with E-state index in [4.69, 9.17) is 10.2 Å². The van der Waals surface area contributed by atoms with E-state index in [1.165, 1.54) is 19.2 Å². The zero-order chi connectivity index (χ0) is 10.0. The molecule has 1 aromatic rings. The highest BCUT2D eigenvalue weighted by Crippen LogP contribution is 2.10. The topological polar surface area (TPSA) is 87.5 Å². The van der Waals surface area contributed by atoms with Crippen LogP contribution in [0.15, 0.2) is 12.3 Å². The maximum absolute atomic E-state index is 10.6. The van der Waals surface area contributed by atoms with Crippen molar-refractivity contribution < 1.29 is 19.8 Å². The first-order valence-electron chi connectivity index (χ1n) is 3.46. The van der Waals surface area contributed by atoms with Crippen LogP contribution in [0.1, 0.15) is 26.4 Å². The third-order valence-electron chi connectivity index (χ3n) is 1.64. The minimum absolute atomic E-state index is 0. The van der Waals surface area contributed by atoms with Crippen molar-refractivity contribution in [2.24, 2.45) is 0 Å². The van der Waals surface area contributed by atoms with Crippen LogP contribution in [0.25, 0.3) is 0 Å². The molecule has 0 aromatic carbocycles. The molecule has 0 unspecified atom stereocenters. The fourth-order valence-corrected chi connectivity index (χ4v) is 0.983. The van der Waals surface area contributed by atoms with Gasteiger partial charge in [-0.1, -0.05) is 0 Å². The van der Waals surface area contributed by atoms with Gasteiger partial charge in [0.05, 0.1) is 5.56 Å². The lowest BCUT2D eigenvalue weighted by molar-refractivity contribution is 0.0689. The highest BCUT2D eigenvalue weighted by atomic mass is 35.5. The number of carboxylic acids is 2. The van der Waals surface area contributed by atoms with Crippen molar-refractivity contribution in [3.63, 3.8) is 0 Å². The number of aromatic nitrogens is 1. The van der Waals surface area contributed by atoms with Crippen LogP contribution in [0, 0.1) is 6.92 Å². The first kappa shape index (κ1) is 12.4. The van der Waals surface area contributed by atoms with Gasteiger partial charge in [0.2, 0.25) is 0 Å². The first-order chi connectivity index (χ1) is 6.04. The first-order valence-corrected chi connectivity index (χ1v) is 3.46. The molecule has 0 atom stereocenters. The van der Waals surface area contributed by atoms with E-state index >= 15 is 0 Å². The molecule has 0 fully saturated rings. The molecule has 0 aliphatic rings. The van der Waals surface area contributed by atoms with Crippen LogP contribution in [0.3, 0.4) is 0 Å². The third-order valence-corrected chi connectivity index (χ3v) is 1.64. The third kappa shape index (κ3) is 2.20. The molecule has 1 heterocycles. The molecular weight excluding hydrogens is 210 g/mol. The van der Waals surface area contributed by atoms with E-state index in [0.29, 0.717) is 0 Å². The van der Waals surface area contributed by atoms with Gasteiger partial charge < -0.3 is 10.2 Å². The molecule has 0 radical (unpaired) electrons. The number of nitrogens with zero attached hydrogens (tertiary/aromatic N) is 1. The molecule has 1 rings (SSSR count). The lowest BCUT2D eigenvalue weighted by atomic mass is 10.1. The zero-order valence-electron chi connectivity index (χ0n) is 7.22. The van der Waals surface area contributed by atoms with Crippen LogP contribution >= 0.6 is 12.4 Å². The Morgan fingerprint density at radius 1 is 1.29 bits per heavy atom. The van der Waals surface area contributed by atoms with Gasteiger partial charge >= 0.3 is 11.9 Å². The number of carboxylic acid groups (broad SMARTS) is 2. The highest BCUT2D eigenvalue weighted by molar-refractivity contribution is 5.94. The summed E-state index contributed by atoms with van der Waals surface area (Å²) in [5, 5.41) is 17.3. The molecule has 0 spiro atoms. The molecule has 0 aliphatic heterocycles. The van der Waals surface area contributed by atoms with E-state index in [-0.39, 0.29) is 29.2 Å². The van der Waals surface area contributed by atoms with Gasteiger partial charge in [-0.05, 0) is 18.6 Å². The molecule has 14 heavy (non-hydrogen) atoms. The summed E-state index contributed by atoms with van der Waals surface area (Å²) in [5.74, 6) is -2.37. The Balaban J connectivity index is 0.00000169. The standard InChI is InChI=1S/C8H7NO4.ClH/c1-4-5(7(10)11)2-3-9-6(4)8(12)13;/h2-3H,1H3,(H,10,11)(H,12,13);1H. The predicted molar refractivity (Wildman–Crippen MR) is 50.1 cm³/mol. The average molecular weight is 218 g/mol. The Labute approximate surface area is 85.8 Å². The molecule has 0 aliphatic carbocycles. The predicted octanol–water partition coefficient (Wildman–Crippen LogP) is 1.21. The minimum Gasteiger partial charge on any atom is -0.478 e. The van der Waals surface area contributed by atoms with Crippen LogP contribution in [0.5, 0.6) is 0 Å². The van der Waals surface area contributed by atoms with Crippen molar-refractivity contribution in [3.8, 4) is 0 Å². The van der Waals surface area contributed by atoms with E-state index < -0.39 is 11.9 Å². The Morgan fingerprint density at radius 3 is 2.29 bits per heavy atom. The summed E-state index contributed by atoms with van der Waals surface area (Å²) in [4.78, 5) is 24.7. The van der Waals surface area contributed by atoms with Gasteiger partial charge in [-0.3, -0.25) is 0 Å². The lowest BCUT2D eigenvalue weighted by Gasteiger charge is -2.02. The molecule has 0 saturated carbocycles. The second-order valence-electron chi connectivity index (χ2n) is 2.44. The fourth-order valence-electron chi connectivity index (χ4n) is 0.983. The number of carbonyl (C=O) groups is 2. The van der Waals surface area contributed by atoms with Gasteiger partial charge in [0.25, 0.3) is 0 Å². The summed E-state index contributed by atoms with van der Waals surface area (Å²) < 4.78 is 0. The normalized spacial score (nSPS) is 8.93.